The minimum atomic E-state index is -0.497. The van der Waals surface area contributed by atoms with E-state index in [0.29, 0.717) is 28.5 Å². The average molecular weight is 329 g/mol. The smallest absolute Gasteiger partial charge is 0.270 e. The number of allylic oxidation sites excluding steroid dienone is 1. The third-order valence-corrected chi connectivity index (χ3v) is 3.30. The zero-order valence-corrected chi connectivity index (χ0v) is 13.1. The minimum absolute atomic E-state index is 0.0697. The van der Waals surface area contributed by atoms with Crippen LogP contribution in [0.3, 0.4) is 0 Å². The van der Waals surface area contributed by atoms with Crippen LogP contribution >= 0.6 is 11.6 Å². The SMILES string of the molecule is CCOc1ccc(Cl)cc1/C=C(\C#N)c1cccc([N+](=O)[O-])c1. The largest absolute Gasteiger partial charge is 0.493 e. The molecule has 0 N–H and O–H groups in total. The Kier molecular flexibility index (Phi) is 5.34. The van der Waals surface area contributed by atoms with Crippen molar-refractivity contribution in [2.24, 2.45) is 0 Å². The average Bonchev–Trinajstić information content (AvgIpc) is 2.55. The molecule has 0 saturated heterocycles. The number of benzene rings is 2. The van der Waals surface area contributed by atoms with Gasteiger partial charge in [0.1, 0.15) is 5.75 Å². The maximum Gasteiger partial charge on any atom is 0.270 e. The Bertz CT molecular complexity index is 810. The Morgan fingerprint density at radius 1 is 1.39 bits per heavy atom. The van der Waals surface area contributed by atoms with Crippen molar-refractivity contribution >= 4 is 28.9 Å². The van der Waals surface area contributed by atoms with E-state index in [0.717, 1.165) is 0 Å². The topological polar surface area (TPSA) is 76.2 Å². The summed E-state index contributed by atoms with van der Waals surface area (Å²) in [5.74, 6) is 0.593. The molecule has 6 heteroatoms. The van der Waals surface area contributed by atoms with Crippen molar-refractivity contribution in [1.29, 1.82) is 5.26 Å². The lowest BCUT2D eigenvalue weighted by molar-refractivity contribution is -0.384. The van der Waals surface area contributed by atoms with E-state index in [-0.39, 0.29) is 11.3 Å². The van der Waals surface area contributed by atoms with Crippen LogP contribution in [-0.4, -0.2) is 11.5 Å². The molecule has 116 valence electrons. The van der Waals surface area contributed by atoms with Crippen molar-refractivity contribution in [1.82, 2.24) is 0 Å². The van der Waals surface area contributed by atoms with Gasteiger partial charge in [-0.3, -0.25) is 10.1 Å². The molecule has 0 aromatic heterocycles. The van der Waals surface area contributed by atoms with Crippen LogP contribution < -0.4 is 4.74 Å². The number of halogens is 1. The first kappa shape index (κ1) is 16.5. The molecule has 0 amide bonds. The monoisotopic (exact) mass is 328 g/mol. The minimum Gasteiger partial charge on any atom is -0.493 e. The number of ether oxygens (including phenoxy) is 1. The number of non-ortho nitro benzene ring substituents is 1. The van der Waals surface area contributed by atoms with E-state index in [9.17, 15) is 15.4 Å². The fraction of sp³-hybridized carbons (Fsp3) is 0.118. The van der Waals surface area contributed by atoms with Gasteiger partial charge in [0.25, 0.3) is 5.69 Å². The van der Waals surface area contributed by atoms with Gasteiger partial charge in [-0.05, 0) is 36.8 Å². The van der Waals surface area contributed by atoms with Gasteiger partial charge >= 0.3 is 0 Å². The van der Waals surface area contributed by atoms with E-state index in [1.165, 1.54) is 12.1 Å². The Morgan fingerprint density at radius 3 is 2.83 bits per heavy atom. The molecule has 0 saturated carbocycles. The molecule has 0 heterocycles. The van der Waals surface area contributed by atoms with Crippen molar-refractivity contribution in [3.8, 4) is 11.8 Å². The number of nitriles is 1. The van der Waals surface area contributed by atoms with Crippen LogP contribution in [0.25, 0.3) is 11.6 Å². The molecular weight excluding hydrogens is 316 g/mol. The normalized spacial score (nSPS) is 10.9. The van der Waals surface area contributed by atoms with E-state index >= 15 is 0 Å². The maximum absolute atomic E-state index is 10.9. The summed E-state index contributed by atoms with van der Waals surface area (Å²) in [6, 6.07) is 13.1. The van der Waals surface area contributed by atoms with Gasteiger partial charge in [0.05, 0.1) is 23.2 Å². The second kappa shape index (κ2) is 7.43. The Labute approximate surface area is 138 Å². The van der Waals surface area contributed by atoms with E-state index in [4.69, 9.17) is 16.3 Å². The van der Waals surface area contributed by atoms with Crippen molar-refractivity contribution in [2.75, 3.05) is 6.61 Å². The third kappa shape index (κ3) is 4.09. The van der Waals surface area contributed by atoms with Crippen LogP contribution in [-0.2, 0) is 0 Å². The Balaban J connectivity index is 2.51. The Hall–Kier alpha value is -2.84. The van der Waals surface area contributed by atoms with Crippen molar-refractivity contribution in [2.45, 2.75) is 6.92 Å². The predicted octanol–water partition coefficient (Wildman–Crippen LogP) is 4.71. The van der Waals surface area contributed by atoms with Crippen LogP contribution in [0, 0.1) is 21.4 Å². The number of nitrogens with zero attached hydrogens (tertiary/aromatic N) is 2. The molecular formula is C17H13ClN2O3. The molecule has 0 aliphatic heterocycles. The van der Waals surface area contributed by atoms with Crippen LogP contribution in [0.15, 0.2) is 42.5 Å². The highest BCUT2D eigenvalue weighted by Crippen LogP contribution is 2.28. The van der Waals surface area contributed by atoms with Gasteiger partial charge in [-0.2, -0.15) is 5.26 Å². The lowest BCUT2D eigenvalue weighted by atomic mass is 10.0. The summed E-state index contributed by atoms with van der Waals surface area (Å²) in [4.78, 5) is 10.4. The molecule has 0 fully saturated rings. The number of nitro groups is 1. The second-order valence-electron chi connectivity index (χ2n) is 4.59. The van der Waals surface area contributed by atoms with Gasteiger partial charge in [-0.15, -0.1) is 0 Å². The van der Waals surface area contributed by atoms with Crippen LogP contribution in [0.4, 0.5) is 5.69 Å². The third-order valence-electron chi connectivity index (χ3n) is 3.06. The first-order valence-electron chi connectivity index (χ1n) is 6.84. The first-order chi connectivity index (χ1) is 11.0. The van der Waals surface area contributed by atoms with Crippen LogP contribution in [0.2, 0.25) is 5.02 Å². The number of rotatable bonds is 5. The summed E-state index contributed by atoms with van der Waals surface area (Å²) in [7, 11) is 0. The summed E-state index contributed by atoms with van der Waals surface area (Å²) in [5.41, 5.74) is 1.32. The van der Waals surface area contributed by atoms with Gasteiger partial charge in [-0.25, -0.2) is 0 Å². The summed E-state index contributed by atoms with van der Waals surface area (Å²) in [5, 5.41) is 20.8. The molecule has 0 atom stereocenters. The van der Waals surface area contributed by atoms with E-state index in [1.807, 2.05) is 6.92 Å². The van der Waals surface area contributed by atoms with Crippen molar-refractivity contribution < 1.29 is 9.66 Å². The lowest BCUT2D eigenvalue weighted by Gasteiger charge is -2.08. The summed E-state index contributed by atoms with van der Waals surface area (Å²) in [6.07, 6.45) is 1.61. The highest BCUT2D eigenvalue weighted by molar-refractivity contribution is 6.30. The molecule has 5 nitrogen and oxygen atoms in total. The van der Waals surface area contributed by atoms with Gasteiger partial charge in [0.2, 0.25) is 0 Å². The maximum atomic E-state index is 10.9. The summed E-state index contributed by atoms with van der Waals surface area (Å²) < 4.78 is 5.51. The van der Waals surface area contributed by atoms with Gasteiger partial charge in [-0.1, -0.05) is 23.7 Å². The van der Waals surface area contributed by atoms with Gasteiger partial charge in [0.15, 0.2) is 0 Å². The second-order valence-corrected chi connectivity index (χ2v) is 5.03. The molecule has 0 unspecified atom stereocenters. The molecule has 23 heavy (non-hydrogen) atoms. The molecule has 2 aromatic rings. The Morgan fingerprint density at radius 2 is 2.17 bits per heavy atom. The van der Waals surface area contributed by atoms with Gasteiger partial charge in [0, 0.05) is 22.7 Å². The molecule has 0 spiro atoms. The quantitative estimate of drug-likeness (QED) is 0.344. The lowest BCUT2D eigenvalue weighted by Crippen LogP contribution is -1.94. The zero-order chi connectivity index (χ0) is 16.8. The fourth-order valence-corrected chi connectivity index (χ4v) is 2.22. The fourth-order valence-electron chi connectivity index (χ4n) is 2.04. The molecule has 2 aromatic carbocycles. The molecule has 0 radical (unpaired) electrons. The first-order valence-corrected chi connectivity index (χ1v) is 7.22. The highest BCUT2D eigenvalue weighted by Gasteiger charge is 2.10. The number of hydrogen-bond donors (Lipinski definition) is 0. The predicted molar refractivity (Wildman–Crippen MR) is 89.2 cm³/mol. The molecule has 2 rings (SSSR count). The molecule has 0 bridgehead atoms. The summed E-state index contributed by atoms with van der Waals surface area (Å²) >= 11 is 6.00. The standard InChI is InChI=1S/C17H13ClN2O3/c1-2-23-17-7-6-15(18)9-13(17)8-14(11-19)12-4-3-5-16(10-12)20(21)22/h3-10H,2H2,1H3/b14-8+. The number of nitro benzene ring substituents is 1. The summed E-state index contributed by atoms with van der Waals surface area (Å²) in [6.45, 7) is 2.33. The highest BCUT2D eigenvalue weighted by atomic mass is 35.5. The number of hydrogen-bond acceptors (Lipinski definition) is 4. The van der Waals surface area contributed by atoms with Crippen LogP contribution in [0.1, 0.15) is 18.1 Å². The van der Waals surface area contributed by atoms with Crippen molar-refractivity contribution in [3.05, 3.63) is 68.7 Å². The van der Waals surface area contributed by atoms with Gasteiger partial charge < -0.3 is 4.74 Å². The van der Waals surface area contributed by atoms with Crippen LogP contribution in [0.5, 0.6) is 5.75 Å². The molecule has 0 aliphatic carbocycles. The zero-order valence-electron chi connectivity index (χ0n) is 12.3. The van der Waals surface area contributed by atoms with E-state index < -0.39 is 4.92 Å². The van der Waals surface area contributed by atoms with E-state index in [1.54, 1.807) is 36.4 Å². The van der Waals surface area contributed by atoms with Crippen molar-refractivity contribution in [3.63, 3.8) is 0 Å². The van der Waals surface area contributed by atoms with E-state index in [2.05, 4.69) is 6.07 Å². The molecule has 0 aliphatic rings.